The van der Waals surface area contributed by atoms with Crippen molar-refractivity contribution in [1.29, 1.82) is 5.26 Å². The smallest absolute Gasteiger partial charge is 0.243 e. The Kier molecular flexibility index (Phi) is 8.55. The van der Waals surface area contributed by atoms with Crippen LogP contribution in [0.5, 0.6) is 0 Å². The number of aryl methyl sites for hydroxylation is 1. The first kappa shape index (κ1) is 25.4. The van der Waals surface area contributed by atoms with Crippen LogP contribution in [0.1, 0.15) is 48.8 Å². The fourth-order valence-electron chi connectivity index (χ4n) is 4.77. The van der Waals surface area contributed by atoms with Gasteiger partial charge in [0.2, 0.25) is 15.9 Å². The zero-order chi connectivity index (χ0) is 24.7. The number of hydrogen-bond donors (Lipinski definition) is 0. The molecule has 0 atom stereocenters. The van der Waals surface area contributed by atoms with E-state index in [0.717, 1.165) is 50.9 Å². The number of nitrogens with zero attached hydrogens (tertiary/aromatic N) is 4. The van der Waals surface area contributed by atoms with Crippen LogP contribution >= 0.6 is 0 Å². The van der Waals surface area contributed by atoms with Gasteiger partial charge in [-0.25, -0.2) is 8.42 Å². The van der Waals surface area contributed by atoms with Crippen molar-refractivity contribution in [2.24, 2.45) is 0 Å². The largest absolute Gasteiger partial charge is 0.340 e. The number of rotatable bonds is 7. The molecule has 1 amide bonds. The Balaban J connectivity index is 1.23. The molecule has 2 saturated heterocycles. The third-order valence-corrected chi connectivity index (χ3v) is 8.88. The van der Waals surface area contributed by atoms with E-state index >= 15 is 0 Å². The highest BCUT2D eigenvalue weighted by molar-refractivity contribution is 7.89. The molecule has 0 saturated carbocycles. The van der Waals surface area contributed by atoms with E-state index in [4.69, 9.17) is 5.26 Å². The van der Waals surface area contributed by atoms with Gasteiger partial charge in [-0.1, -0.05) is 37.1 Å². The number of hydrogen-bond acceptors (Lipinski definition) is 5. The molecule has 0 aromatic heterocycles. The lowest BCUT2D eigenvalue weighted by molar-refractivity contribution is -0.133. The second-order valence-corrected chi connectivity index (χ2v) is 11.4. The molecule has 2 fully saturated rings. The fraction of sp³-hybridized carbons (Fsp3) is 0.481. The Bertz CT molecular complexity index is 1120. The molecule has 2 aromatic carbocycles. The van der Waals surface area contributed by atoms with Gasteiger partial charge < -0.3 is 4.90 Å². The van der Waals surface area contributed by atoms with Crippen LogP contribution in [0, 0.1) is 11.3 Å². The SMILES string of the molecule is N#Cc1ccc(CN2CCN(C(=O)CCc3ccc(S(=O)(=O)N4CCCCCC4)cc3)CC2)cc1. The molecule has 7 nitrogen and oxygen atoms in total. The summed E-state index contributed by atoms with van der Waals surface area (Å²) in [6.07, 6.45) is 5.05. The first-order chi connectivity index (χ1) is 17.0. The summed E-state index contributed by atoms with van der Waals surface area (Å²) in [4.78, 5) is 17.3. The van der Waals surface area contributed by atoms with Crippen molar-refractivity contribution in [2.45, 2.75) is 50.0 Å². The molecule has 2 heterocycles. The summed E-state index contributed by atoms with van der Waals surface area (Å²) >= 11 is 0. The standard InChI is InChI=1S/C27H34N4O3S/c28-21-24-5-7-25(8-6-24)22-29-17-19-30(20-18-29)27(32)14-11-23-9-12-26(13-10-23)35(33,34)31-15-3-1-2-4-16-31/h5-10,12-13H,1-4,11,14-20,22H2. The highest BCUT2D eigenvalue weighted by Gasteiger charge is 2.25. The molecular formula is C27H34N4O3S. The van der Waals surface area contributed by atoms with Gasteiger partial charge in [-0.15, -0.1) is 0 Å². The molecular weight excluding hydrogens is 460 g/mol. The monoisotopic (exact) mass is 494 g/mol. The molecule has 35 heavy (non-hydrogen) atoms. The topological polar surface area (TPSA) is 84.7 Å². The molecule has 0 aliphatic carbocycles. The molecule has 2 aliphatic rings. The Morgan fingerprint density at radius 2 is 1.40 bits per heavy atom. The van der Waals surface area contributed by atoms with Gasteiger partial charge in [0.15, 0.2) is 0 Å². The van der Waals surface area contributed by atoms with Gasteiger partial charge in [-0.05, 0) is 54.7 Å². The van der Waals surface area contributed by atoms with E-state index in [1.54, 1.807) is 16.4 Å². The second kappa shape index (κ2) is 11.8. The van der Waals surface area contributed by atoms with E-state index in [1.165, 1.54) is 5.56 Å². The van der Waals surface area contributed by atoms with Crippen LogP contribution in [0.25, 0.3) is 0 Å². The number of amides is 1. The van der Waals surface area contributed by atoms with Crippen LogP contribution in [0.15, 0.2) is 53.4 Å². The molecule has 0 spiro atoms. The van der Waals surface area contributed by atoms with Crippen LogP contribution < -0.4 is 0 Å². The number of carbonyl (C=O) groups is 1. The summed E-state index contributed by atoms with van der Waals surface area (Å²) in [6.45, 7) is 5.09. The normalized spacial score (nSPS) is 18.1. The number of sulfonamides is 1. The second-order valence-electron chi connectivity index (χ2n) is 9.43. The quantitative estimate of drug-likeness (QED) is 0.589. The molecule has 4 rings (SSSR count). The lowest BCUT2D eigenvalue weighted by Gasteiger charge is -2.34. The summed E-state index contributed by atoms with van der Waals surface area (Å²) in [5.41, 5.74) is 2.82. The zero-order valence-corrected chi connectivity index (χ0v) is 21.0. The van der Waals surface area contributed by atoms with Crippen molar-refractivity contribution in [3.63, 3.8) is 0 Å². The van der Waals surface area contributed by atoms with E-state index in [2.05, 4.69) is 11.0 Å². The minimum Gasteiger partial charge on any atom is -0.340 e. The lowest BCUT2D eigenvalue weighted by Crippen LogP contribution is -2.48. The third-order valence-electron chi connectivity index (χ3n) is 6.97. The summed E-state index contributed by atoms with van der Waals surface area (Å²) in [6, 6.07) is 16.8. The summed E-state index contributed by atoms with van der Waals surface area (Å²) < 4.78 is 27.5. The molecule has 2 aliphatic heterocycles. The molecule has 0 bridgehead atoms. The average Bonchev–Trinajstić information content (AvgIpc) is 3.19. The fourth-order valence-corrected chi connectivity index (χ4v) is 6.28. The zero-order valence-electron chi connectivity index (χ0n) is 20.2. The summed E-state index contributed by atoms with van der Waals surface area (Å²) in [5, 5.41) is 8.93. The minimum absolute atomic E-state index is 0.143. The van der Waals surface area contributed by atoms with Crippen LogP contribution in [0.4, 0.5) is 0 Å². The summed E-state index contributed by atoms with van der Waals surface area (Å²) in [5.74, 6) is 0.143. The van der Waals surface area contributed by atoms with Crippen molar-refractivity contribution in [3.05, 3.63) is 65.2 Å². The number of nitriles is 1. The van der Waals surface area contributed by atoms with E-state index < -0.39 is 10.0 Å². The van der Waals surface area contributed by atoms with E-state index in [9.17, 15) is 13.2 Å². The predicted molar refractivity (Wildman–Crippen MR) is 135 cm³/mol. The van der Waals surface area contributed by atoms with E-state index in [0.29, 0.717) is 49.5 Å². The van der Waals surface area contributed by atoms with Gasteiger partial charge in [0, 0.05) is 52.2 Å². The lowest BCUT2D eigenvalue weighted by atomic mass is 10.1. The van der Waals surface area contributed by atoms with Crippen molar-refractivity contribution in [2.75, 3.05) is 39.3 Å². The molecule has 0 radical (unpaired) electrons. The molecule has 186 valence electrons. The highest BCUT2D eigenvalue weighted by Crippen LogP contribution is 2.21. The van der Waals surface area contributed by atoms with E-state index in [1.807, 2.05) is 41.3 Å². The van der Waals surface area contributed by atoms with Crippen molar-refractivity contribution in [1.82, 2.24) is 14.1 Å². The minimum atomic E-state index is -3.44. The maximum absolute atomic E-state index is 12.9. The molecule has 8 heteroatoms. The third kappa shape index (κ3) is 6.69. The van der Waals surface area contributed by atoms with Gasteiger partial charge >= 0.3 is 0 Å². The predicted octanol–water partition coefficient (Wildman–Crippen LogP) is 3.40. The Hall–Kier alpha value is -2.73. The maximum Gasteiger partial charge on any atom is 0.243 e. The number of benzene rings is 2. The van der Waals surface area contributed by atoms with Gasteiger partial charge in [0.25, 0.3) is 0 Å². The highest BCUT2D eigenvalue weighted by atomic mass is 32.2. The van der Waals surface area contributed by atoms with Crippen LogP contribution in [0.3, 0.4) is 0 Å². The first-order valence-corrected chi connectivity index (χ1v) is 14.0. The van der Waals surface area contributed by atoms with Crippen molar-refractivity contribution in [3.8, 4) is 6.07 Å². The Labute approximate surface area is 209 Å². The number of carbonyl (C=O) groups excluding carboxylic acids is 1. The van der Waals surface area contributed by atoms with Crippen molar-refractivity contribution < 1.29 is 13.2 Å². The van der Waals surface area contributed by atoms with Gasteiger partial charge in [-0.2, -0.15) is 9.57 Å². The van der Waals surface area contributed by atoms with E-state index in [-0.39, 0.29) is 5.91 Å². The average molecular weight is 495 g/mol. The first-order valence-electron chi connectivity index (χ1n) is 12.5. The van der Waals surface area contributed by atoms with Gasteiger partial charge in [0.05, 0.1) is 16.5 Å². The Morgan fingerprint density at radius 1 is 0.800 bits per heavy atom. The maximum atomic E-state index is 12.9. The van der Waals surface area contributed by atoms with Gasteiger partial charge in [0.1, 0.15) is 0 Å². The molecule has 0 N–H and O–H groups in total. The summed E-state index contributed by atoms with van der Waals surface area (Å²) in [7, 11) is -3.44. The number of piperazine rings is 1. The molecule has 0 unspecified atom stereocenters. The van der Waals surface area contributed by atoms with Crippen molar-refractivity contribution >= 4 is 15.9 Å². The van der Waals surface area contributed by atoms with Crippen LogP contribution in [0.2, 0.25) is 0 Å². The van der Waals surface area contributed by atoms with Crippen LogP contribution in [-0.2, 0) is 27.8 Å². The molecule has 2 aromatic rings. The van der Waals surface area contributed by atoms with Crippen LogP contribution in [-0.4, -0.2) is 67.7 Å². The Morgan fingerprint density at radius 3 is 2.00 bits per heavy atom. The van der Waals surface area contributed by atoms with Gasteiger partial charge in [-0.3, -0.25) is 9.69 Å².